The van der Waals surface area contributed by atoms with Crippen LogP contribution in [0.5, 0.6) is 0 Å². The summed E-state index contributed by atoms with van der Waals surface area (Å²) in [6, 6.07) is 0. The lowest BCUT2D eigenvalue weighted by molar-refractivity contribution is -0.128. The van der Waals surface area contributed by atoms with Gasteiger partial charge in [0.2, 0.25) is 0 Å². The zero-order valence-corrected chi connectivity index (χ0v) is 7.78. The highest BCUT2D eigenvalue weighted by Gasteiger charge is 2.62. The summed E-state index contributed by atoms with van der Waals surface area (Å²) in [5.41, 5.74) is 2.09. The fourth-order valence-electron chi connectivity index (χ4n) is 3.02. The number of nitrogens with two attached hydrogens (primary N) is 1. The van der Waals surface area contributed by atoms with Crippen molar-refractivity contribution in [1.82, 2.24) is 0 Å². The van der Waals surface area contributed by atoms with Crippen molar-refractivity contribution in [1.29, 1.82) is 0 Å². The molecular formula is C10H18N+. The molecule has 0 aromatic heterocycles. The molecule has 0 unspecified atom stereocenters. The SMILES string of the molecule is CC1(C)[C@@H]2CC[C@@]1(C)C(=[NH2+])C2. The first-order chi connectivity index (χ1) is 4.98. The van der Waals surface area contributed by atoms with Gasteiger partial charge >= 0.3 is 0 Å². The van der Waals surface area contributed by atoms with E-state index in [1.54, 1.807) is 0 Å². The molecule has 62 valence electrons. The van der Waals surface area contributed by atoms with Crippen LogP contribution in [0.2, 0.25) is 0 Å². The van der Waals surface area contributed by atoms with E-state index in [9.17, 15) is 0 Å². The fraction of sp³-hybridized carbons (Fsp3) is 0.900. The third-order valence-electron chi connectivity index (χ3n) is 4.61. The molecule has 11 heavy (non-hydrogen) atoms. The fourth-order valence-corrected chi connectivity index (χ4v) is 3.02. The first-order valence-electron chi connectivity index (χ1n) is 4.60. The molecule has 2 bridgehead atoms. The lowest BCUT2D eigenvalue weighted by Gasteiger charge is -2.31. The molecule has 2 N–H and O–H groups in total. The van der Waals surface area contributed by atoms with Crippen LogP contribution in [0.3, 0.4) is 0 Å². The van der Waals surface area contributed by atoms with Gasteiger partial charge in [0.1, 0.15) is 0 Å². The van der Waals surface area contributed by atoms with E-state index in [0.717, 1.165) is 5.92 Å². The lowest BCUT2D eigenvalue weighted by Crippen LogP contribution is -2.49. The molecule has 2 fully saturated rings. The molecule has 0 saturated heterocycles. The second kappa shape index (κ2) is 1.70. The molecule has 0 aromatic rings. The highest BCUT2D eigenvalue weighted by atomic mass is 14.7. The van der Waals surface area contributed by atoms with Crippen LogP contribution in [-0.2, 0) is 0 Å². The maximum absolute atomic E-state index is 6.05. The van der Waals surface area contributed by atoms with E-state index in [1.165, 1.54) is 25.0 Å². The topological polar surface area (TPSA) is 25.6 Å². The van der Waals surface area contributed by atoms with Crippen molar-refractivity contribution in [2.45, 2.75) is 40.0 Å². The van der Waals surface area contributed by atoms with Gasteiger partial charge in [-0.05, 0) is 31.1 Å². The third kappa shape index (κ3) is 0.605. The molecule has 0 radical (unpaired) electrons. The molecule has 1 heteroatoms. The maximum Gasteiger partial charge on any atom is 0.155 e. The molecule has 0 spiro atoms. The van der Waals surface area contributed by atoms with Crippen molar-refractivity contribution in [3.63, 3.8) is 0 Å². The van der Waals surface area contributed by atoms with Crippen molar-refractivity contribution >= 4 is 5.71 Å². The van der Waals surface area contributed by atoms with Gasteiger partial charge in [0.15, 0.2) is 5.71 Å². The number of rotatable bonds is 0. The van der Waals surface area contributed by atoms with E-state index in [1.807, 2.05) is 0 Å². The smallest absolute Gasteiger partial charge is 0.155 e. The predicted octanol–water partition coefficient (Wildman–Crippen LogP) is 1.03. The number of hydrogen-bond acceptors (Lipinski definition) is 0. The summed E-state index contributed by atoms with van der Waals surface area (Å²) in [5, 5.41) is 6.05. The maximum atomic E-state index is 6.05. The zero-order valence-electron chi connectivity index (χ0n) is 7.78. The van der Waals surface area contributed by atoms with E-state index in [-0.39, 0.29) is 0 Å². The Hall–Kier alpha value is -0.330. The summed E-state index contributed by atoms with van der Waals surface area (Å²) in [6.45, 7) is 7.10. The molecule has 2 saturated carbocycles. The van der Waals surface area contributed by atoms with Gasteiger partial charge in [-0.1, -0.05) is 13.8 Å². The van der Waals surface area contributed by atoms with Crippen molar-refractivity contribution in [3.8, 4) is 0 Å². The number of fused-ring (bicyclic) bond motifs is 2. The van der Waals surface area contributed by atoms with Crippen LogP contribution < -0.4 is 5.41 Å². The van der Waals surface area contributed by atoms with E-state index in [2.05, 4.69) is 20.8 Å². The molecular weight excluding hydrogens is 134 g/mol. The van der Waals surface area contributed by atoms with E-state index in [4.69, 9.17) is 5.41 Å². The highest BCUT2D eigenvalue weighted by Crippen LogP contribution is 2.62. The van der Waals surface area contributed by atoms with Gasteiger partial charge in [-0.3, -0.25) is 5.41 Å². The van der Waals surface area contributed by atoms with Gasteiger partial charge < -0.3 is 0 Å². The summed E-state index contributed by atoms with van der Waals surface area (Å²) in [6.07, 6.45) is 3.89. The Balaban J connectivity index is 2.47. The van der Waals surface area contributed by atoms with Gasteiger partial charge in [-0.2, -0.15) is 0 Å². The Labute approximate surface area is 68.7 Å². The second-order valence-corrected chi connectivity index (χ2v) is 5.02. The molecule has 2 rings (SSSR count). The zero-order chi connectivity index (χ0) is 8.28. The molecule has 1 nitrogen and oxygen atoms in total. The summed E-state index contributed by atoms with van der Waals surface area (Å²) >= 11 is 0. The highest BCUT2D eigenvalue weighted by molar-refractivity contribution is 5.89. The Kier molecular flexibility index (Phi) is 1.13. The van der Waals surface area contributed by atoms with Gasteiger partial charge in [0.25, 0.3) is 0 Å². The van der Waals surface area contributed by atoms with E-state index < -0.39 is 0 Å². The Morgan fingerprint density at radius 1 is 1.36 bits per heavy atom. The summed E-state index contributed by atoms with van der Waals surface area (Å²) in [7, 11) is 0. The average Bonchev–Trinajstić information content (AvgIpc) is 2.20. The Morgan fingerprint density at radius 2 is 2.00 bits per heavy atom. The average molecular weight is 152 g/mol. The molecule has 2 aliphatic carbocycles. The van der Waals surface area contributed by atoms with Crippen LogP contribution in [0, 0.1) is 16.7 Å². The van der Waals surface area contributed by atoms with Crippen LogP contribution in [0.25, 0.3) is 0 Å². The Morgan fingerprint density at radius 3 is 2.18 bits per heavy atom. The molecule has 0 aliphatic heterocycles. The van der Waals surface area contributed by atoms with E-state index >= 15 is 0 Å². The molecule has 0 heterocycles. The molecule has 0 amide bonds. The summed E-state index contributed by atoms with van der Waals surface area (Å²) < 4.78 is 0. The molecule has 2 atom stereocenters. The van der Waals surface area contributed by atoms with Crippen LogP contribution >= 0.6 is 0 Å². The standard InChI is InChI=1S/C10H17N/c1-9(2)7-4-5-10(9,3)8(11)6-7/h7,11H,4-6H2,1-3H3/p+1/t7-,10+/m1/s1. The van der Waals surface area contributed by atoms with Gasteiger partial charge in [-0.25, -0.2) is 0 Å². The van der Waals surface area contributed by atoms with Gasteiger partial charge in [-0.15, -0.1) is 0 Å². The predicted molar refractivity (Wildman–Crippen MR) is 46.2 cm³/mol. The van der Waals surface area contributed by atoms with Crippen LogP contribution in [0.1, 0.15) is 40.0 Å². The first kappa shape index (κ1) is 7.33. The van der Waals surface area contributed by atoms with Crippen LogP contribution in [0.4, 0.5) is 0 Å². The quantitative estimate of drug-likeness (QED) is 0.536. The minimum Gasteiger partial charge on any atom is -0.261 e. The normalized spacial score (nSPS) is 46.8. The summed E-state index contributed by atoms with van der Waals surface area (Å²) in [4.78, 5) is 0. The second-order valence-electron chi connectivity index (χ2n) is 5.02. The number of hydrogen-bond donors (Lipinski definition) is 1. The monoisotopic (exact) mass is 152 g/mol. The van der Waals surface area contributed by atoms with Gasteiger partial charge in [0, 0.05) is 6.42 Å². The largest absolute Gasteiger partial charge is 0.261 e. The van der Waals surface area contributed by atoms with Crippen molar-refractivity contribution in [2.75, 3.05) is 0 Å². The van der Waals surface area contributed by atoms with Crippen molar-refractivity contribution in [3.05, 3.63) is 0 Å². The van der Waals surface area contributed by atoms with Crippen LogP contribution in [-0.4, -0.2) is 5.71 Å². The molecule has 0 aromatic carbocycles. The third-order valence-corrected chi connectivity index (χ3v) is 4.61. The van der Waals surface area contributed by atoms with Crippen LogP contribution in [0.15, 0.2) is 0 Å². The molecule has 2 aliphatic rings. The minimum absolute atomic E-state index is 0.359. The summed E-state index contributed by atoms with van der Waals surface area (Å²) in [5.74, 6) is 0.868. The van der Waals surface area contributed by atoms with Crippen molar-refractivity contribution < 1.29 is 5.41 Å². The van der Waals surface area contributed by atoms with E-state index in [0.29, 0.717) is 10.8 Å². The van der Waals surface area contributed by atoms with Gasteiger partial charge in [0.05, 0.1) is 5.41 Å². The van der Waals surface area contributed by atoms with Crippen molar-refractivity contribution in [2.24, 2.45) is 16.7 Å². The lowest BCUT2D eigenvalue weighted by atomic mass is 9.70. The minimum atomic E-state index is 0.359. The first-order valence-corrected chi connectivity index (χ1v) is 4.60. The Bertz CT molecular complexity index is 217.